The predicted molar refractivity (Wildman–Crippen MR) is 91.3 cm³/mol. The summed E-state index contributed by atoms with van der Waals surface area (Å²) in [4.78, 5) is 3.55. The van der Waals surface area contributed by atoms with Crippen molar-refractivity contribution in [2.75, 3.05) is 0 Å². The maximum absolute atomic E-state index is 13.5. The number of furan rings is 1. The number of hydrogen-bond acceptors (Lipinski definition) is 1. The van der Waals surface area contributed by atoms with Crippen molar-refractivity contribution in [3.8, 4) is 11.3 Å². The second-order valence-corrected chi connectivity index (χ2v) is 5.85. The number of benzene rings is 2. The topological polar surface area (TPSA) is 21.4 Å². The van der Waals surface area contributed by atoms with Gasteiger partial charge in [-0.05, 0) is 18.6 Å². The van der Waals surface area contributed by atoms with Gasteiger partial charge in [-0.2, -0.15) is 4.57 Å². The molecule has 0 bridgehead atoms. The van der Waals surface area contributed by atoms with Gasteiger partial charge in [-0.25, -0.2) is 9.24 Å². The van der Waals surface area contributed by atoms with Gasteiger partial charge in [0.25, 0.3) is 0 Å². The van der Waals surface area contributed by atoms with E-state index in [4.69, 9.17) is 11.0 Å². The van der Waals surface area contributed by atoms with Crippen molar-refractivity contribution < 1.29 is 13.4 Å². The van der Waals surface area contributed by atoms with Crippen molar-refractivity contribution >= 4 is 27.6 Å². The van der Waals surface area contributed by atoms with Crippen molar-refractivity contribution in [1.29, 1.82) is 0 Å². The van der Waals surface area contributed by atoms with Gasteiger partial charge in [0, 0.05) is 16.8 Å². The van der Waals surface area contributed by atoms with E-state index in [0.717, 1.165) is 33.2 Å². The van der Waals surface area contributed by atoms with Crippen LogP contribution >= 0.6 is 0 Å². The molecule has 0 atom stereocenters. The van der Waals surface area contributed by atoms with Gasteiger partial charge in [0.2, 0.25) is 17.6 Å². The molecule has 0 amide bonds. The van der Waals surface area contributed by atoms with Crippen LogP contribution in [-0.4, -0.2) is 0 Å². The normalized spacial score (nSPS) is 11.1. The lowest BCUT2D eigenvalue weighted by Crippen LogP contribution is -2.31. The number of aromatic nitrogens is 1. The highest BCUT2D eigenvalue weighted by Crippen LogP contribution is 2.39. The predicted octanol–water partition coefficient (Wildman–Crippen LogP) is 5.08. The van der Waals surface area contributed by atoms with Crippen LogP contribution in [0, 0.1) is 19.3 Å². The second kappa shape index (κ2) is 5.17. The molecule has 4 aromatic rings. The van der Waals surface area contributed by atoms with E-state index in [9.17, 15) is 4.39 Å². The van der Waals surface area contributed by atoms with Gasteiger partial charge in [0.15, 0.2) is 5.82 Å². The zero-order valence-corrected chi connectivity index (χ0v) is 13.3. The molecule has 0 aliphatic rings. The molecule has 0 N–H and O–H groups in total. The SMILES string of the molecule is [C-]#[N+]c1cccc2c1oc1c(-c3ccc(F)c[n+]3C)c(C)ccc12. The minimum Gasteiger partial charge on any atom is -0.466 e. The standard InChI is InChI=1S/C20H14FN2O/c1-12-7-9-15-14-5-4-6-16(22-2)19(14)24-20(15)18(12)17-10-8-13(21)11-23(17)3/h4-11H,1,3H3/q+1. The van der Waals surface area contributed by atoms with E-state index in [0.29, 0.717) is 11.3 Å². The number of aryl methyl sites for hydroxylation is 2. The minimum absolute atomic E-state index is 0.286. The first-order chi connectivity index (χ1) is 11.6. The summed E-state index contributed by atoms with van der Waals surface area (Å²) in [7, 11) is 1.81. The zero-order valence-electron chi connectivity index (χ0n) is 13.3. The van der Waals surface area contributed by atoms with Crippen LogP contribution in [0.4, 0.5) is 10.1 Å². The smallest absolute Gasteiger partial charge is 0.229 e. The molecule has 0 aliphatic carbocycles. The fraction of sp³-hybridized carbons (Fsp3) is 0.100. The van der Waals surface area contributed by atoms with Crippen LogP contribution in [0.25, 0.3) is 38.0 Å². The Kier molecular flexibility index (Phi) is 3.10. The molecular formula is C20H14FN2O+. The molecule has 2 aromatic carbocycles. The van der Waals surface area contributed by atoms with E-state index in [-0.39, 0.29) is 5.82 Å². The van der Waals surface area contributed by atoms with E-state index < -0.39 is 0 Å². The molecular weight excluding hydrogens is 303 g/mol. The van der Waals surface area contributed by atoms with Crippen LogP contribution in [0.2, 0.25) is 0 Å². The summed E-state index contributed by atoms with van der Waals surface area (Å²) in [6.07, 6.45) is 1.45. The quantitative estimate of drug-likeness (QED) is 0.354. The second-order valence-electron chi connectivity index (χ2n) is 5.85. The number of para-hydroxylation sites is 1. The Hall–Kier alpha value is -3.19. The molecule has 0 saturated heterocycles. The molecule has 0 saturated carbocycles. The zero-order chi connectivity index (χ0) is 16.8. The highest BCUT2D eigenvalue weighted by molar-refractivity contribution is 6.12. The highest BCUT2D eigenvalue weighted by atomic mass is 19.1. The third-order valence-electron chi connectivity index (χ3n) is 4.33. The Balaban J connectivity index is 2.16. The van der Waals surface area contributed by atoms with Crippen LogP contribution in [0.1, 0.15) is 5.56 Å². The van der Waals surface area contributed by atoms with Crippen molar-refractivity contribution in [3.05, 3.63) is 71.5 Å². The van der Waals surface area contributed by atoms with Gasteiger partial charge in [-0.15, -0.1) is 0 Å². The summed E-state index contributed by atoms with van der Waals surface area (Å²) >= 11 is 0. The first-order valence-corrected chi connectivity index (χ1v) is 7.58. The van der Waals surface area contributed by atoms with Gasteiger partial charge >= 0.3 is 0 Å². The molecule has 0 spiro atoms. The van der Waals surface area contributed by atoms with Crippen molar-refractivity contribution in [3.63, 3.8) is 0 Å². The van der Waals surface area contributed by atoms with Gasteiger partial charge in [-0.3, -0.25) is 0 Å². The molecule has 0 unspecified atom stereocenters. The minimum atomic E-state index is -0.286. The maximum atomic E-state index is 13.5. The Bertz CT molecular complexity index is 1150. The average Bonchev–Trinajstić information content (AvgIpc) is 2.94. The Morgan fingerprint density at radius 3 is 2.58 bits per heavy atom. The number of fused-ring (bicyclic) bond motifs is 3. The number of hydrogen-bond donors (Lipinski definition) is 0. The molecule has 2 aromatic heterocycles. The average molecular weight is 317 g/mol. The van der Waals surface area contributed by atoms with Gasteiger partial charge in [-0.1, -0.05) is 30.3 Å². The van der Waals surface area contributed by atoms with E-state index in [1.807, 2.05) is 38.2 Å². The summed E-state index contributed by atoms with van der Waals surface area (Å²) < 4.78 is 21.3. The number of halogens is 1. The molecule has 0 aliphatic heterocycles. The van der Waals surface area contributed by atoms with Crippen molar-refractivity contribution in [1.82, 2.24) is 0 Å². The lowest BCUT2D eigenvalue weighted by atomic mass is 10.0. The molecule has 2 heterocycles. The van der Waals surface area contributed by atoms with E-state index in [1.165, 1.54) is 12.3 Å². The van der Waals surface area contributed by atoms with Gasteiger partial charge < -0.3 is 4.42 Å². The molecule has 3 nitrogen and oxygen atoms in total. The van der Waals surface area contributed by atoms with E-state index in [1.54, 1.807) is 16.7 Å². The number of pyridine rings is 1. The molecule has 24 heavy (non-hydrogen) atoms. The fourth-order valence-corrected chi connectivity index (χ4v) is 3.19. The van der Waals surface area contributed by atoms with Gasteiger partial charge in [0.05, 0.1) is 12.1 Å². The maximum Gasteiger partial charge on any atom is 0.229 e. The monoisotopic (exact) mass is 317 g/mol. The Morgan fingerprint density at radius 2 is 1.83 bits per heavy atom. The first kappa shape index (κ1) is 14.4. The summed E-state index contributed by atoms with van der Waals surface area (Å²) in [6.45, 7) is 9.34. The summed E-state index contributed by atoms with van der Waals surface area (Å²) in [5.74, 6) is -0.286. The van der Waals surface area contributed by atoms with Crippen LogP contribution in [0.3, 0.4) is 0 Å². The molecule has 4 heteroatoms. The Morgan fingerprint density at radius 1 is 1.04 bits per heavy atom. The molecule has 4 rings (SSSR count). The van der Waals surface area contributed by atoms with Crippen LogP contribution in [-0.2, 0) is 7.05 Å². The van der Waals surface area contributed by atoms with E-state index >= 15 is 0 Å². The number of nitrogens with zero attached hydrogens (tertiary/aromatic N) is 2. The fourth-order valence-electron chi connectivity index (χ4n) is 3.19. The first-order valence-electron chi connectivity index (χ1n) is 7.58. The lowest BCUT2D eigenvalue weighted by molar-refractivity contribution is -0.661. The molecule has 0 fully saturated rings. The largest absolute Gasteiger partial charge is 0.466 e. The molecule has 116 valence electrons. The summed E-state index contributed by atoms with van der Waals surface area (Å²) in [5.41, 5.74) is 4.64. The molecule has 0 radical (unpaired) electrons. The van der Waals surface area contributed by atoms with Crippen molar-refractivity contribution in [2.24, 2.45) is 7.05 Å². The van der Waals surface area contributed by atoms with E-state index in [2.05, 4.69) is 4.85 Å². The summed E-state index contributed by atoms with van der Waals surface area (Å²) in [6, 6.07) is 12.8. The van der Waals surface area contributed by atoms with Crippen LogP contribution < -0.4 is 4.57 Å². The summed E-state index contributed by atoms with van der Waals surface area (Å²) in [5, 5.41) is 1.88. The lowest BCUT2D eigenvalue weighted by Gasteiger charge is -2.05. The van der Waals surface area contributed by atoms with Crippen LogP contribution in [0.15, 0.2) is 53.1 Å². The third-order valence-corrected chi connectivity index (χ3v) is 4.33. The number of rotatable bonds is 1. The Labute approximate surface area is 138 Å². The third kappa shape index (κ3) is 1.99. The highest BCUT2D eigenvalue weighted by Gasteiger charge is 2.21. The van der Waals surface area contributed by atoms with Gasteiger partial charge in [0.1, 0.15) is 18.2 Å². The van der Waals surface area contributed by atoms with Crippen molar-refractivity contribution in [2.45, 2.75) is 6.92 Å². The van der Waals surface area contributed by atoms with Crippen LogP contribution in [0.5, 0.6) is 0 Å².